The van der Waals surface area contributed by atoms with Crippen molar-refractivity contribution in [1.82, 2.24) is 5.43 Å². The summed E-state index contributed by atoms with van der Waals surface area (Å²) in [5, 5.41) is 12.9. The lowest BCUT2D eigenvalue weighted by molar-refractivity contribution is 0.0657. The van der Waals surface area contributed by atoms with Gasteiger partial charge in [0, 0.05) is 5.56 Å². The highest BCUT2D eigenvalue weighted by molar-refractivity contribution is 5.94. The van der Waals surface area contributed by atoms with E-state index in [0.29, 0.717) is 35.0 Å². The van der Waals surface area contributed by atoms with Gasteiger partial charge in [-0.3, -0.25) is 4.79 Å². The van der Waals surface area contributed by atoms with E-state index in [1.54, 1.807) is 48.5 Å². The Labute approximate surface area is 172 Å². The molecule has 1 amide bonds. The highest BCUT2D eigenvalue weighted by atomic mass is 16.5. The molecule has 0 aliphatic carbocycles. The van der Waals surface area contributed by atoms with E-state index in [4.69, 9.17) is 19.0 Å². The third kappa shape index (κ3) is 5.48. The van der Waals surface area contributed by atoms with E-state index >= 15 is 0 Å². The Morgan fingerprint density at radius 2 is 1.87 bits per heavy atom. The lowest BCUT2D eigenvalue weighted by atomic mass is 10.2. The maximum absolute atomic E-state index is 12.0. The van der Waals surface area contributed by atoms with Gasteiger partial charge < -0.3 is 19.0 Å². The number of aromatic carboxylic acids is 1. The number of rotatable bonds is 9. The van der Waals surface area contributed by atoms with Gasteiger partial charge >= 0.3 is 5.97 Å². The second-order valence-corrected chi connectivity index (χ2v) is 6.06. The first-order valence-electron chi connectivity index (χ1n) is 9.17. The number of carboxylic acid groups (broad SMARTS) is 1. The Morgan fingerprint density at radius 3 is 2.57 bits per heavy atom. The summed E-state index contributed by atoms with van der Waals surface area (Å²) in [7, 11) is 0. The molecule has 0 saturated heterocycles. The first kappa shape index (κ1) is 20.7. The average Bonchev–Trinajstić information content (AvgIpc) is 3.23. The lowest BCUT2D eigenvalue weighted by Crippen LogP contribution is -2.17. The highest BCUT2D eigenvalue weighted by Gasteiger charge is 2.11. The second kappa shape index (κ2) is 9.92. The minimum Gasteiger partial charge on any atom is -0.490 e. The molecule has 3 aromatic rings. The average molecular weight is 408 g/mol. The molecular formula is C22H20N2O6. The van der Waals surface area contributed by atoms with Gasteiger partial charge in [0.25, 0.3) is 5.91 Å². The van der Waals surface area contributed by atoms with Gasteiger partial charge in [-0.15, -0.1) is 0 Å². The Balaban J connectivity index is 1.65. The Bertz CT molecular complexity index is 1040. The Kier molecular flexibility index (Phi) is 6.83. The third-order valence-corrected chi connectivity index (χ3v) is 3.93. The molecule has 0 spiro atoms. The van der Waals surface area contributed by atoms with Crippen LogP contribution >= 0.6 is 0 Å². The molecule has 30 heavy (non-hydrogen) atoms. The molecule has 8 nitrogen and oxygen atoms in total. The van der Waals surface area contributed by atoms with Gasteiger partial charge in [-0.05, 0) is 55.0 Å². The standard InChI is InChI=1S/C22H20N2O6/c1-2-28-20-12-15(13-23-24-21(25)16-6-4-3-5-7-16)8-10-18(20)29-14-17-9-11-19(30-17)22(26)27/h3-13H,2,14H2,1H3,(H,24,25)(H,26,27). The van der Waals surface area contributed by atoms with Crippen LogP contribution in [-0.2, 0) is 6.61 Å². The maximum atomic E-state index is 12.0. The molecule has 0 aliphatic heterocycles. The van der Waals surface area contributed by atoms with Gasteiger partial charge in [-0.1, -0.05) is 18.2 Å². The molecule has 2 N–H and O–H groups in total. The second-order valence-electron chi connectivity index (χ2n) is 6.06. The van der Waals surface area contributed by atoms with Crippen LogP contribution in [0.15, 0.2) is 70.2 Å². The quantitative estimate of drug-likeness (QED) is 0.412. The molecule has 8 heteroatoms. The van der Waals surface area contributed by atoms with E-state index < -0.39 is 5.97 Å². The summed E-state index contributed by atoms with van der Waals surface area (Å²) in [4.78, 5) is 22.9. The van der Waals surface area contributed by atoms with Gasteiger partial charge in [-0.25, -0.2) is 10.2 Å². The first-order chi connectivity index (χ1) is 14.6. The van der Waals surface area contributed by atoms with Crippen LogP contribution in [0.2, 0.25) is 0 Å². The van der Waals surface area contributed by atoms with Crippen LogP contribution in [-0.4, -0.2) is 29.8 Å². The molecule has 1 heterocycles. The van der Waals surface area contributed by atoms with Crippen LogP contribution in [0.5, 0.6) is 11.5 Å². The molecule has 0 atom stereocenters. The summed E-state index contributed by atoms with van der Waals surface area (Å²) in [6.45, 7) is 2.32. The molecule has 0 bridgehead atoms. The molecule has 0 unspecified atom stereocenters. The summed E-state index contributed by atoms with van der Waals surface area (Å²) in [5.74, 6) is -0.265. The summed E-state index contributed by atoms with van der Waals surface area (Å²) >= 11 is 0. The van der Waals surface area contributed by atoms with Crippen molar-refractivity contribution in [2.45, 2.75) is 13.5 Å². The van der Waals surface area contributed by atoms with Crippen LogP contribution in [0, 0.1) is 0 Å². The number of carbonyl (C=O) groups is 2. The lowest BCUT2D eigenvalue weighted by Gasteiger charge is -2.11. The summed E-state index contributed by atoms with van der Waals surface area (Å²) in [6.07, 6.45) is 1.50. The molecule has 0 saturated carbocycles. The normalized spacial score (nSPS) is 10.7. The molecule has 0 radical (unpaired) electrons. The van der Waals surface area contributed by atoms with E-state index in [9.17, 15) is 9.59 Å². The number of carboxylic acids is 1. The van der Waals surface area contributed by atoms with Crippen molar-refractivity contribution >= 4 is 18.1 Å². The molecule has 3 rings (SSSR count). The maximum Gasteiger partial charge on any atom is 0.371 e. The third-order valence-electron chi connectivity index (χ3n) is 3.93. The number of furan rings is 1. The van der Waals surface area contributed by atoms with Crippen molar-refractivity contribution in [3.63, 3.8) is 0 Å². The topological polar surface area (TPSA) is 110 Å². The van der Waals surface area contributed by atoms with E-state index in [-0.39, 0.29) is 18.3 Å². The number of nitrogens with one attached hydrogen (secondary N) is 1. The predicted molar refractivity (Wildman–Crippen MR) is 109 cm³/mol. The minimum absolute atomic E-state index is 0.0495. The fraction of sp³-hybridized carbons (Fsp3) is 0.136. The zero-order valence-corrected chi connectivity index (χ0v) is 16.2. The van der Waals surface area contributed by atoms with Crippen LogP contribution < -0.4 is 14.9 Å². The van der Waals surface area contributed by atoms with E-state index in [0.717, 1.165) is 0 Å². The summed E-state index contributed by atoms with van der Waals surface area (Å²) in [5.41, 5.74) is 3.68. The van der Waals surface area contributed by atoms with Crippen LogP contribution in [0.25, 0.3) is 0 Å². The van der Waals surface area contributed by atoms with Gasteiger partial charge in [0.1, 0.15) is 12.4 Å². The smallest absolute Gasteiger partial charge is 0.371 e. The number of hydrogen-bond donors (Lipinski definition) is 2. The fourth-order valence-corrected chi connectivity index (χ4v) is 2.53. The monoisotopic (exact) mass is 408 g/mol. The van der Waals surface area contributed by atoms with Crippen molar-refractivity contribution < 1.29 is 28.6 Å². The van der Waals surface area contributed by atoms with Gasteiger partial charge in [0.2, 0.25) is 5.76 Å². The van der Waals surface area contributed by atoms with Gasteiger partial charge in [0.05, 0.1) is 12.8 Å². The number of hydrazone groups is 1. The summed E-state index contributed by atoms with van der Waals surface area (Å²) in [6, 6.07) is 16.9. The predicted octanol–water partition coefficient (Wildman–Crippen LogP) is 3.72. The number of nitrogens with zero attached hydrogens (tertiary/aromatic N) is 1. The van der Waals surface area contributed by atoms with Crippen molar-refractivity contribution in [2.75, 3.05) is 6.61 Å². The largest absolute Gasteiger partial charge is 0.490 e. The molecule has 2 aromatic carbocycles. The van der Waals surface area contributed by atoms with Crippen molar-refractivity contribution in [2.24, 2.45) is 5.10 Å². The van der Waals surface area contributed by atoms with Crippen LogP contribution in [0.1, 0.15) is 39.2 Å². The summed E-state index contributed by atoms with van der Waals surface area (Å²) < 4.78 is 16.5. The number of ether oxygens (including phenoxy) is 2. The van der Waals surface area contributed by atoms with E-state index in [2.05, 4.69) is 10.5 Å². The number of carbonyl (C=O) groups excluding carboxylic acids is 1. The van der Waals surface area contributed by atoms with Crippen molar-refractivity contribution in [3.05, 3.63) is 83.3 Å². The van der Waals surface area contributed by atoms with Crippen molar-refractivity contribution in [1.29, 1.82) is 0 Å². The van der Waals surface area contributed by atoms with Crippen LogP contribution in [0.4, 0.5) is 0 Å². The molecule has 0 fully saturated rings. The van der Waals surface area contributed by atoms with Crippen LogP contribution in [0.3, 0.4) is 0 Å². The molecule has 154 valence electrons. The molecule has 0 aliphatic rings. The fourth-order valence-electron chi connectivity index (χ4n) is 2.53. The minimum atomic E-state index is -1.14. The number of amides is 1. The van der Waals surface area contributed by atoms with Crippen molar-refractivity contribution in [3.8, 4) is 11.5 Å². The zero-order chi connectivity index (χ0) is 21.3. The Morgan fingerprint density at radius 1 is 1.07 bits per heavy atom. The highest BCUT2D eigenvalue weighted by Crippen LogP contribution is 2.29. The van der Waals surface area contributed by atoms with E-state index in [1.165, 1.54) is 12.3 Å². The van der Waals surface area contributed by atoms with E-state index in [1.807, 2.05) is 13.0 Å². The first-order valence-corrected chi connectivity index (χ1v) is 9.17. The van der Waals surface area contributed by atoms with Gasteiger partial charge in [0.15, 0.2) is 11.5 Å². The number of hydrogen-bond acceptors (Lipinski definition) is 6. The SMILES string of the molecule is CCOc1cc(C=NNC(=O)c2ccccc2)ccc1OCc1ccc(C(=O)O)o1. The molecule has 1 aromatic heterocycles. The molecular weight excluding hydrogens is 388 g/mol. The number of benzene rings is 2. The van der Waals surface area contributed by atoms with Gasteiger partial charge in [-0.2, -0.15) is 5.10 Å². The zero-order valence-electron chi connectivity index (χ0n) is 16.2. The Hall–Kier alpha value is -4.07.